The van der Waals surface area contributed by atoms with Gasteiger partial charge in [0.15, 0.2) is 0 Å². The van der Waals surface area contributed by atoms with Crippen LogP contribution in [0.2, 0.25) is 0 Å². The van der Waals surface area contributed by atoms with Crippen LogP contribution in [-0.4, -0.2) is 16.6 Å². The predicted molar refractivity (Wildman–Crippen MR) is 140 cm³/mol. The van der Waals surface area contributed by atoms with E-state index in [2.05, 4.69) is 36.1 Å². The summed E-state index contributed by atoms with van der Waals surface area (Å²) in [4.78, 5) is 20.8. The molecule has 0 saturated carbocycles. The maximum Gasteiger partial charge on any atom is 0.262 e. The third-order valence-corrected chi connectivity index (χ3v) is 6.43. The van der Waals surface area contributed by atoms with Crippen LogP contribution in [-0.2, 0) is 0 Å². The monoisotopic (exact) mass is 463 g/mol. The quantitative estimate of drug-likeness (QED) is 0.296. The van der Waals surface area contributed by atoms with Crippen molar-refractivity contribution in [3.63, 3.8) is 0 Å². The molecule has 35 heavy (non-hydrogen) atoms. The number of anilines is 2. The SMILES string of the molecule is Cc1ccc(N(C)c2ccc3nc(C)n(C(c4ccccc4)c4ccc(F)cc4)c(=O)c3c2)cc1. The number of aromatic nitrogens is 2. The molecule has 1 heterocycles. The molecule has 0 bridgehead atoms. The number of aryl methyl sites for hydroxylation is 2. The number of benzene rings is 4. The van der Waals surface area contributed by atoms with Crippen LogP contribution in [0.4, 0.5) is 15.8 Å². The summed E-state index contributed by atoms with van der Waals surface area (Å²) in [6, 6.07) is 29.7. The Hall–Kier alpha value is -4.25. The summed E-state index contributed by atoms with van der Waals surface area (Å²) in [6.07, 6.45) is 0. The van der Waals surface area contributed by atoms with Crippen molar-refractivity contribution in [1.29, 1.82) is 0 Å². The Bertz CT molecular complexity index is 1540. The van der Waals surface area contributed by atoms with Gasteiger partial charge in [-0.3, -0.25) is 9.36 Å². The molecule has 0 N–H and O–H groups in total. The lowest BCUT2D eigenvalue weighted by Gasteiger charge is -2.24. The molecule has 0 saturated heterocycles. The molecule has 0 aliphatic rings. The van der Waals surface area contributed by atoms with E-state index in [1.807, 2.05) is 62.5 Å². The second kappa shape index (κ2) is 9.18. The predicted octanol–water partition coefficient (Wildman–Crippen LogP) is 6.56. The molecule has 5 aromatic rings. The molecule has 4 nitrogen and oxygen atoms in total. The molecule has 174 valence electrons. The Morgan fingerprint density at radius 3 is 2.11 bits per heavy atom. The lowest BCUT2D eigenvalue weighted by molar-refractivity contribution is 0.608. The molecule has 0 spiro atoms. The summed E-state index contributed by atoms with van der Waals surface area (Å²) in [5, 5.41) is 0.537. The van der Waals surface area contributed by atoms with E-state index in [-0.39, 0.29) is 11.4 Å². The average molecular weight is 464 g/mol. The van der Waals surface area contributed by atoms with E-state index in [0.717, 1.165) is 22.5 Å². The van der Waals surface area contributed by atoms with Crippen LogP contribution >= 0.6 is 0 Å². The van der Waals surface area contributed by atoms with Gasteiger partial charge in [-0.1, -0.05) is 60.2 Å². The molecular weight excluding hydrogens is 437 g/mol. The Balaban J connectivity index is 1.69. The topological polar surface area (TPSA) is 38.1 Å². The zero-order chi connectivity index (χ0) is 24.5. The van der Waals surface area contributed by atoms with Crippen LogP contribution in [0.5, 0.6) is 0 Å². The van der Waals surface area contributed by atoms with Crippen LogP contribution in [0.1, 0.15) is 28.6 Å². The van der Waals surface area contributed by atoms with Crippen LogP contribution in [0, 0.1) is 19.7 Å². The fourth-order valence-electron chi connectivity index (χ4n) is 4.50. The molecule has 1 aromatic heterocycles. The highest BCUT2D eigenvalue weighted by molar-refractivity contribution is 5.83. The van der Waals surface area contributed by atoms with Gasteiger partial charge in [0.1, 0.15) is 11.6 Å². The van der Waals surface area contributed by atoms with Gasteiger partial charge in [-0.25, -0.2) is 9.37 Å². The summed E-state index contributed by atoms with van der Waals surface area (Å²) in [7, 11) is 1.98. The van der Waals surface area contributed by atoms with Crippen molar-refractivity contribution in [2.75, 3.05) is 11.9 Å². The summed E-state index contributed by atoms with van der Waals surface area (Å²) in [6.45, 7) is 3.90. The minimum Gasteiger partial charge on any atom is -0.345 e. The smallest absolute Gasteiger partial charge is 0.262 e. The largest absolute Gasteiger partial charge is 0.345 e. The minimum absolute atomic E-state index is 0.134. The molecule has 0 radical (unpaired) electrons. The molecule has 0 aliphatic heterocycles. The van der Waals surface area contributed by atoms with Gasteiger partial charge in [-0.05, 0) is 67.4 Å². The minimum atomic E-state index is -0.431. The van der Waals surface area contributed by atoms with E-state index in [1.54, 1.807) is 16.7 Å². The second-order valence-corrected chi connectivity index (χ2v) is 8.79. The molecule has 0 fully saturated rings. The number of halogens is 1. The van der Waals surface area contributed by atoms with Gasteiger partial charge in [0.25, 0.3) is 5.56 Å². The van der Waals surface area contributed by atoms with Gasteiger partial charge in [-0.2, -0.15) is 0 Å². The van der Waals surface area contributed by atoms with Gasteiger partial charge in [0, 0.05) is 18.4 Å². The number of nitrogens with zero attached hydrogens (tertiary/aromatic N) is 3. The van der Waals surface area contributed by atoms with Gasteiger partial charge >= 0.3 is 0 Å². The highest BCUT2D eigenvalue weighted by atomic mass is 19.1. The van der Waals surface area contributed by atoms with Crippen molar-refractivity contribution >= 4 is 22.3 Å². The first-order valence-electron chi connectivity index (χ1n) is 11.6. The van der Waals surface area contributed by atoms with E-state index in [9.17, 15) is 9.18 Å². The van der Waals surface area contributed by atoms with Crippen molar-refractivity contribution in [1.82, 2.24) is 9.55 Å². The first kappa shape index (κ1) is 22.5. The average Bonchev–Trinajstić information content (AvgIpc) is 2.88. The van der Waals surface area contributed by atoms with Crippen LogP contribution < -0.4 is 10.5 Å². The van der Waals surface area contributed by atoms with E-state index >= 15 is 0 Å². The third-order valence-electron chi connectivity index (χ3n) is 6.43. The number of hydrogen-bond donors (Lipinski definition) is 0. The van der Waals surface area contributed by atoms with Crippen molar-refractivity contribution < 1.29 is 4.39 Å². The number of hydrogen-bond acceptors (Lipinski definition) is 3. The summed E-state index contributed by atoms with van der Waals surface area (Å²) in [5.74, 6) is 0.283. The van der Waals surface area contributed by atoms with E-state index in [4.69, 9.17) is 4.98 Å². The van der Waals surface area contributed by atoms with E-state index in [1.165, 1.54) is 17.7 Å². The summed E-state index contributed by atoms with van der Waals surface area (Å²) in [5.41, 5.74) is 5.38. The summed E-state index contributed by atoms with van der Waals surface area (Å²) < 4.78 is 15.4. The highest BCUT2D eigenvalue weighted by Crippen LogP contribution is 2.29. The van der Waals surface area contributed by atoms with Gasteiger partial charge in [0.05, 0.1) is 16.9 Å². The third kappa shape index (κ3) is 4.33. The van der Waals surface area contributed by atoms with Gasteiger partial charge in [-0.15, -0.1) is 0 Å². The van der Waals surface area contributed by atoms with Crippen LogP contribution in [0.3, 0.4) is 0 Å². The highest BCUT2D eigenvalue weighted by Gasteiger charge is 2.22. The molecule has 0 aliphatic carbocycles. The first-order chi connectivity index (χ1) is 16.9. The van der Waals surface area contributed by atoms with Crippen molar-refractivity contribution in [3.8, 4) is 0 Å². The lowest BCUT2D eigenvalue weighted by Crippen LogP contribution is -2.29. The van der Waals surface area contributed by atoms with E-state index in [0.29, 0.717) is 16.7 Å². The van der Waals surface area contributed by atoms with Crippen LogP contribution in [0.15, 0.2) is 102 Å². The van der Waals surface area contributed by atoms with E-state index < -0.39 is 6.04 Å². The first-order valence-corrected chi connectivity index (χ1v) is 11.6. The maximum absolute atomic E-state index is 14.0. The molecule has 5 rings (SSSR count). The Labute approximate surface area is 203 Å². The molecule has 0 amide bonds. The zero-order valence-corrected chi connectivity index (χ0v) is 19.9. The lowest BCUT2D eigenvalue weighted by atomic mass is 9.98. The molecule has 4 aromatic carbocycles. The fourth-order valence-corrected chi connectivity index (χ4v) is 4.50. The van der Waals surface area contributed by atoms with Gasteiger partial charge < -0.3 is 4.90 Å². The molecule has 1 unspecified atom stereocenters. The molecular formula is C30H26FN3O. The van der Waals surface area contributed by atoms with Crippen LogP contribution in [0.25, 0.3) is 10.9 Å². The number of rotatable bonds is 5. The zero-order valence-electron chi connectivity index (χ0n) is 19.9. The number of fused-ring (bicyclic) bond motifs is 1. The summed E-state index contributed by atoms with van der Waals surface area (Å²) >= 11 is 0. The normalized spacial score (nSPS) is 12.0. The van der Waals surface area contributed by atoms with Crippen molar-refractivity contribution in [2.45, 2.75) is 19.9 Å². The van der Waals surface area contributed by atoms with Crippen molar-refractivity contribution in [2.24, 2.45) is 0 Å². The van der Waals surface area contributed by atoms with Crippen molar-refractivity contribution in [3.05, 3.63) is 136 Å². The Morgan fingerprint density at radius 1 is 0.800 bits per heavy atom. The Kier molecular flexibility index (Phi) is 5.91. The standard InChI is InChI=1S/C30H26FN3O/c1-20-9-15-25(16-10-20)33(3)26-17-18-28-27(19-26)30(35)34(21(2)32-28)29(22-7-5-4-6-8-22)23-11-13-24(31)14-12-23/h4-19,29H,1-3H3. The Morgan fingerprint density at radius 2 is 1.43 bits per heavy atom. The van der Waals surface area contributed by atoms with Gasteiger partial charge in [0.2, 0.25) is 0 Å². The molecule has 5 heteroatoms. The maximum atomic E-state index is 14.0. The second-order valence-electron chi connectivity index (χ2n) is 8.79. The molecule has 1 atom stereocenters. The fraction of sp³-hybridized carbons (Fsp3) is 0.133.